The van der Waals surface area contributed by atoms with E-state index in [0.717, 1.165) is 45.4 Å². The largest absolute Gasteiger partial charge is 0.466 e. The maximum absolute atomic E-state index is 12.5. The lowest BCUT2D eigenvalue weighted by Gasteiger charge is -2.23. The SMILES string of the molecule is CCCCCCCCCCCCCOC(=O)CC(C)(C(=O)OCCCCCCCCCCCCC)S(=O)(=O)O. The van der Waals surface area contributed by atoms with Crippen LogP contribution in [0.2, 0.25) is 0 Å². The van der Waals surface area contributed by atoms with Crippen LogP contribution in [0.25, 0.3) is 0 Å². The van der Waals surface area contributed by atoms with Crippen molar-refractivity contribution in [3.8, 4) is 0 Å². The third-order valence-electron chi connectivity index (χ3n) is 7.47. The first-order valence-electron chi connectivity index (χ1n) is 16.0. The molecule has 0 heterocycles. The van der Waals surface area contributed by atoms with E-state index in [1.54, 1.807) is 0 Å². The molecule has 0 spiro atoms. The molecule has 39 heavy (non-hydrogen) atoms. The molecule has 0 amide bonds. The van der Waals surface area contributed by atoms with Crippen LogP contribution in [0.15, 0.2) is 0 Å². The number of ether oxygens (including phenoxy) is 2. The minimum Gasteiger partial charge on any atom is -0.466 e. The zero-order valence-corrected chi connectivity index (χ0v) is 26.3. The lowest BCUT2D eigenvalue weighted by Crippen LogP contribution is -2.46. The van der Waals surface area contributed by atoms with Gasteiger partial charge in [-0.15, -0.1) is 0 Å². The molecule has 1 N–H and O–H groups in total. The van der Waals surface area contributed by atoms with Crippen LogP contribution in [0.1, 0.15) is 168 Å². The second-order valence-electron chi connectivity index (χ2n) is 11.3. The Morgan fingerprint density at radius 2 is 0.872 bits per heavy atom. The first-order valence-corrected chi connectivity index (χ1v) is 17.4. The van der Waals surface area contributed by atoms with Crippen molar-refractivity contribution in [2.24, 2.45) is 0 Å². The van der Waals surface area contributed by atoms with Crippen LogP contribution in [-0.2, 0) is 29.2 Å². The number of carbonyl (C=O) groups is 2. The van der Waals surface area contributed by atoms with Gasteiger partial charge in [0, 0.05) is 0 Å². The summed E-state index contributed by atoms with van der Waals surface area (Å²) in [6, 6.07) is 0. The van der Waals surface area contributed by atoms with Gasteiger partial charge < -0.3 is 9.47 Å². The first kappa shape index (κ1) is 37.9. The van der Waals surface area contributed by atoms with Gasteiger partial charge in [-0.2, -0.15) is 8.42 Å². The molecular weight excluding hydrogens is 516 g/mol. The Morgan fingerprint density at radius 1 is 0.564 bits per heavy atom. The van der Waals surface area contributed by atoms with Gasteiger partial charge in [-0.25, -0.2) is 0 Å². The fourth-order valence-electron chi connectivity index (χ4n) is 4.63. The van der Waals surface area contributed by atoms with Gasteiger partial charge in [-0.05, 0) is 19.8 Å². The molecule has 0 aliphatic heterocycles. The van der Waals surface area contributed by atoms with Gasteiger partial charge in [0.05, 0.1) is 19.6 Å². The molecule has 0 bridgehead atoms. The van der Waals surface area contributed by atoms with Gasteiger partial charge in [0.15, 0.2) is 0 Å². The summed E-state index contributed by atoms with van der Waals surface area (Å²) in [5, 5.41) is 0. The predicted molar refractivity (Wildman–Crippen MR) is 159 cm³/mol. The molecule has 1 atom stereocenters. The second kappa shape index (κ2) is 24.6. The Balaban J connectivity index is 4.05. The average molecular weight is 577 g/mol. The molecule has 0 aromatic rings. The van der Waals surface area contributed by atoms with Crippen molar-refractivity contribution in [3.05, 3.63) is 0 Å². The van der Waals surface area contributed by atoms with E-state index >= 15 is 0 Å². The topological polar surface area (TPSA) is 107 Å². The summed E-state index contributed by atoms with van der Waals surface area (Å²) >= 11 is 0. The smallest absolute Gasteiger partial charge is 0.330 e. The standard InChI is InChI=1S/C31H60O7S/c1-4-6-8-10-12-14-16-18-20-22-24-26-37-29(32)28-31(3,39(34,35)36)30(33)38-27-25-23-21-19-17-15-13-11-9-7-5-2/h4-28H2,1-3H3,(H,34,35,36). The molecular formula is C31H60O7S. The Morgan fingerprint density at radius 3 is 1.21 bits per heavy atom. The number of carbonyl (C=O) groups excluding carboxylic acids is 2. The lowest BCUT2D eigenvalue weighted by molar-refractivity contribution is -0.153. The maximum atomic E-state index is 12.5. The summed E-state index contributed by atoms with van der Waals surface area (Å²) < 4.78 is 41.6. The highest BCUT2D eigenvalue weighted by atomic mass is 32.2. The summed E-state index contributed by atoms with van der Waals surface area (Å²) in [4.78, 5) is 24.8. The van der Waals surface area contributed by atoms with E-state index in [4.69, 9.17) is 9.47 Å². The zero-order chi connectivity index (χ0) is 29.2. The van der Waals surface area contributed by atoms with Crippen molar-refractivity contribution in [2.75, 3.05) is 13.2 Å². The molecule has 0 aromatic heterocycles. The minimum absolute atomic E-state index is 0.0642. The highest BCUT2D eigenvalue weighted by Gasteiger charge is 2.49. The Kier molecular flexibility index (Phi) is 23.9. The van der Waals surface area contributed by atoms with E-state index in [2.05, 4.69) is 13.8 Å². The number of rotatable bonds is 28. The van der Waals surface area contributed by atoms with Crippen molar-refractivity contribution in [3.63, 3.8) is 0 Å². The van der Waals surface area contributed by atoms with E-state index in [9.17, 15) is 22.6 Å². The van der Waals surface area contributed by atoms with E-state index in [0.29, 0.717) is 12.8 Å². The molecule has 0 aliphatic carbocycles. The van der Waals surface area contributed by atoms with Gasteiger partial charge >= 0.3 is 11.9 Å². The normalized spacial score (nSPS) is 13.2. The minimum atomic E-state index is -4.86. The van der Waals surface area contributed by atoms with Crippen molar-refractivity contribution in [1.82, 2.24) is 0 Å². The molecule has 0 aliphatic rings. The van der Waals surface area contributed by atoms with Crippen LogP contribution in [-0.4, -0.2) is 42.9 Å². The predicted octanol–water partition coefficient (Wildman–Crippen LogP) is 8.73. The van der Waals surface area contributed by atoms with Crippen molar-refractivity contribution in [1.29, 1.82) is 0 Å². The van der Waals surface area contributed by atoms with E-state index in [-0.39, 0.29) is 13.2 Å². The molecule has 7 nitrogen and oxygen atoms in total. The number of unbranched alkanes of at least 4 members (excludes halogenated alkanes) is 20. The molecule has 0 saturated carbocycles. The van der Waals surface area contributed by atoms with Crippen LogP contribution in [0, 0.1) is 0 Å². The lowest BCUT2D eigenvalue weighted by atomic mass is 10.1. The van der Waals surface area contributed by atoms with E-state index < -0.39 is 33.2 Å². The molecule has 0 fully saturated rings. The fourth-order valence-corrected chi connectivity index (χ4v) is 5.20. The van der Waals surface area contributed by atoms with Gasteiger partial charge in [0.25, 0.3) is 10.1 Å². The second-order valence-corrected chi connectivity index (χ2v) is 13.2. The summed E-state index contributed by atoms with van der Waals surface area (Å²) in [5.41, 5.74) is 0. The van der Waals surface area contributed by atoms with Gasteiger partial charge in [-0.3, -0.25) is 14.1 Å². The summed E-state index contributed by atoms with van der Waals surface area (Å²) in [6.45, 7) is 5.70. The molecule has 0 rings (SSSR count). The van der Waals surface area contributed by atoms with Gasteiger partial charge in [-0.1, -0.05) is 142 Å². The van der Waals surface area contributed by atoms with Crippen LogP contribution in [0.5, 0.6) is 0 Å². The van der Waals surface area contributed by atoms with Crippen molar-refractivity contribution >= 4 is 22.1 Å². The molecule has 0 saturated heterocycles. The maximum Gasteiger partial charge on any atom is 0.330 e. The number of hydrogen-bond acceptors (Lipinski definition) is 6. The summed E-state index contributed by atoms with van der Waals surface area (Å²) in [6.07, 6.45) is 24.7. The fraction of sp³-hybridized carbons (Fsp3) is 0.935. The Hall–Kier alpha value is -1.15. The van der Waals surface area contributed by atoms with Crippen molar-refractivity contribution in [2.45, 2.75) is 173 Å². The van der Waals surface area contributed by atoms with Gasteiger partial charge in [0.1, 0.15) is 0 Å². The van der Waals surface area contributed by atoms with Crippen LogP contribution < -0.4 is 0 Å². The van der Waals surface area contributed by atoms with Crippen molar-refractivity contribution < 1.29 is 32.0 Å². The van der Waals surface area contributed by atoms with Crippen LogP contribution in [0.3, 0.4) is 0 Å². The molecule has 8 heteroatoms. The number of esters is 2. The third-order valence-corrected chi connectivity index (χ3v) is 8.92. The van der Waals surface area contributed by atoms with Crippen LogP contribution in [0.4, 0.5) is 0 Å². The summed E-state index contributed by atoms with van der Waals surface area (Å²) in [5.74, 6) is -1.93. The summed E-state index contributed by atoms with van der Waals surface area (Å²) in [7, 11) is -4.86. The van der Waals surface area contributed by atoms with Crippen LogP contribution >= 0.6 is 0 Å². The Labute approximate surface area is 240 Å². The molecule has 232 valence electrons. The highest BCUT2D eigenvalue weighted by molar-refractivity contribution is 7.88. The quantitative estimate of drug-likeness (QED) is 0.0563. The van der Waals surface area contributed by atoms with Gasteiger partial charge in [0.2, 0.25) is 4.75 Å². The molecule has 1 unspecified atom stereocenters. The monoisotopic (exact) mass is 576 g/mol. The molecule has 0 aromatic carbocycles. The Bertz CT molecular complexity index is 708. The third kappa shape index (κ3) is 20.4. The van der Waals surface area contributed by atoms with E-state index in [1.165, 1.54) is 89.9 Å². The zero-order valence-electron chi connectivity index (χ0n) is 25.5. The first-order chi connectivity index (χ1) is 18.7. The molecule has 0 radical (unpaired) electrons. The average Bonchev–Trinajstić information content (AvgIpc) is 2.89. The van der Waals surface area contributed by atoms with E-state index in [1.807, 2.05) is 0 Å². The number of hydrogen-bond donors (Lipinski definition) is 1. The highest BCUT2D eigenvalue weighted by Crippen LogP contribution is 2.24.